The van der Waals surface area contributed by atoms with Gasteiger partial charge in [0, 0.05) is 23.6 Å². The van der Waals surface area contributed by atoms with Crippen LogP contribution in [0.5, 0.6) is 5.75 Å². The Morgan fingerprint density at radius 3 is 2.58 bits per heavy atom. The SMILES string of the molecule is COc1c([C@H]2C(c3nc4c(C(N)=O)nccc4[nH]3)O[C@@](C)(C(F)(F)F)[C@H]2C)ccc(F)c1F. The van der Waals surface area contributed by atoms with Gasteiger partial charge in [0.15, 0.2) is 22.9 Å². The molecular weight excluding hydrogens is 451 g/mol. The van der Waals surface area contributed by atoms with E-state index in [1.54, 1.807) is 0 Å². The first-order chi connectivity index (χ1) is 15.4. The molecule has 0 radical (unpaired) electrons. The van der Waals surface area contributed by atoms with Gasteiger partial charge < -0.3 is 20.2 Å². The standard InChI is InChI=1S/C21H19F5N4O3/c1-8-12(9-4-5-10(22)13(23)16(9)32-3)17(33-20(8,2)21(24,25)26)19-29-11-6-7-28-15(18(27)31)14(11)30-19/h4-8,12,17H,1-3H3,(H2,27,31)(H,29,30)/t8-,12-,17?,20+/m0/s1. The molecule has 33 heavy (non-hydrogen) atoms. The molecule has 176 valence electrons. The van der Waals surface area contributed by atoms with E-state index in [2.05, 4.69) is 15.0 Å². The molecular formula is C21H19F5N4O3. The number of aromatic amines is 1. The lowest BCUT2D eigenvalue weighted by Crippen LogP contribution is -2.46. The molecule has 0 saturated carbocycles. The van der Waals surface area contributed by atoms with Crippen LogP contribution in [0.1, 0.15) is 47.7 Å². The molecule has 0 aliphatic carbocycles. The fourth-order valence-electron chi connectivity index (χ4n) is 4.32. The Labute approximate surface area is 184 Å². The van der Waals surface area contributed by atoms with Crippen molar-refractivity contribution in [3.63, 3.8) is 0 Å². The summed E-state index contributed by atoms with van der Waals surface area (Å²) in [5, 5.41) is 0. The van der Waals surface area contributed by atoms with Crippen molar-refractivity contribution in [1.82, 2.24) is 15.0 Å². The highest BCUT2D eigenvalue weighted by Gasteiger charge is 2.65. The molecule has 1 aliphatic rings. The Kier molecular flexibility index (Phi) is 5.31. The molecule has 3 N–H and O–H groups in total. The highest BCUT2D eigenvalue weighted by atomic mass is 19.4. The third kappa shape index (κ3) is 3.39. The van der Waals surface area contributed by atoms with Gasteiger partial charge in [-0.2, -0.15) is 17.6 Å². The lowest BCUT2D eigenvalue weighted by molar-refractivity contribution is -0.275. The van der Waals surface area contributed by atoms with E-state index in [1.165, 1.54) is 19.2 Å². The number of hydrogen-bond donors (Lipinski definition) is 2. The average Bonchev–Trinajstić information content (AvgIpc) is 3.29. The number of nitrogens with zero attached hydrogens (tertiary/aromatic N) is 2. The highest BCUT2D eigenvalue weighted by Crippen LogP contribution is 2.59. The topological polar surface area (TPSA) is 103 Å². The van der Waals surface area contributed by atoms with E-state index in [9.17, 15) is 26.7 Å². The molecule has 0 bridgehead atoms. The lowest BCUT2D eigenvalue weighted by Gasteiger charge is -2.32. The van der Waals surface area contributed by atoms with Crippen molar-refractivity contribution in [3.05, 3.63) is 53.1 Å². The van der Waals surface area contributed by atoms with Gasteiger partial charge >= 0.3 is 6.18 Å². The molecule has 3 heterocycles. The number of H-pyrrole nitrogens is 1. The van der Waals surface area contributed by atoms with E-state index in [-0.39, 0.29) is 22.6 Å². The molecule has 7 nitrogen and oxygen atoms in total. The number of alkyl halides is 3. The number of benzene rings is 1. The van der Waals surface area contributed by atoms with Crippen LogP contribution in [-0.4, -0.2) is 39.7 Å². The van der Waals surface area contributed by atoms with Crippen molar-refractivity contribution in [2.45, 2.75) is 37.6 Å². The number of carbonyl (C=O) groups excluding carboxylic acids is 1. The van der Waals surface area contributed by atoms with Crippen LogP contribution in [0.2, 0.25) is 0 Å². The number of primary amides is 1. The van der Waals surface area contributed by atoms with Crippen molar-refractivity contribution in [1.29, 1.82) is 0 Å². The first-order valence-electron chi connectivity index (χ1n) is 9.81. The zero-order valence-electron chi connectivity index (χ0n) is 17.6. The zero-order valence-corrected chi connectivity index (χ0v) is 17.6. The average molecular weight is 470 g/mol. The maximum Gasteiger partial charge on any atom is 0.417 e. The Hall–Kier alpha value is -3.28. The number of imidazole rings is 1. The minimum atomic E-state index is -4.79. The van der Waals surface area contributed by atoms with Crippen molar-refractivity contribution < 1.29 is 36.2 Å². The van der Waals surface area contributed by atoms with Crippen molar-refractivity contribution >= 4 is 16.9 Å². The summed E-state index contributed by atoms with van der Waals surface area (Å²) in [5.74, 6) is -6.40. The lowest BCUT2D eigenvalue weighted by atomic mass is 9.77. The van der Waals surface area contributed by atoms with Gasteiger partial charge in [-0.25, -0.2) is 14.4 Å². The van der Waals surface area contributed by atoms with E-state index in [0.29, 0.717) is 5.52 Å². The first kappa shape index (κ1) is 22.9. The maximum absolute atomic E-state index is 14.5. The molecule has 1 aromatic carbocycles. The Bertz CT molecular complexity index is 1240. The van der Waals surface area contributed by atoms with Gasteiger partial charge in [0.1, 0.15) is 17.4 Å². The van der Waals surface area contributed by atoms with Gasteiger partial charge in [0.2, 0.25) is 5.82 Å². The molecule has 1 saturated heterocycles. The number of amides is 1. The van der Waals surface area contributed by atoms with Gasteiger partial charge in [-0.1, -0.05) is 13.0 Å². The summed E-state index contributed by atoms with van der Waals surface area (Å²) in [6.07, 6.45) is -4.88. The van der Waals surface area contributed by atoms with Crippen molar-refractivity contribution in [2.75, 3.05) is 7.11 Å². The molecule has 0 spiro atoms. The number of ether oxygens (including phenoxy) is 2. The summed E-state index contributed by atoms with van der Waals surface area (Å²) >= 11 is 0. The molecule has 2 aromatic heterocycles. The second-order valence-corrected chi connectivity index (χ2v) is 7.98. The molecule has 4 rings (SSSR count). The monoisotopic (exact) mass is 470 g/mol. The minimum absolute atomic E-state index is 0.0180. The summed E-state index contributed by atoms with van der Waals surface area (Å²) in [6.45, 7) is 2.19. The van der Waals surface area contributed by atoms with E-state index in [4.69, 9.17) is 15.2 Å². The number of rotatable bonds is 4. The van der Waals surface area contributed by atoms with Crippen LogP contribution in [0.15, 0.2) is 24.4 Å². The number of nitrogens with one attached hydrogen (secondary N) is 1. The third-order valence-electron chi connectivity index (χ3n) is 6.23. The Morgan fingerprint density at radius 2 is 1.97 bits per heavy atom. The predicted molar refractivity (Wildman–Crippen MR) is 106 cm³/mol. The molecule has 1 fully saturated rings. The van der Waals surface area contributed by atoms with Crippen LogP contribution in [0, 0.1) is 17.6 Å². The number of aromatic nitrogens is 3. The number of methoxy groups -OCH3 is 1. The summed E-state index contributed by atoms with van der Waals surface area (Å²) in [4.78, 5) is 22.7. The fraction of sp³-hybridized carbons (Fsp3) is 0.381. The highest BCUT2D eigenvalue weighted by molar-refractivity contribution is 6.01. The second kappa shape index (κ2) is 7.65. The second-order valence-electron chi connectivity index (χ2n) is 7.98. The normalized spacial score (nSPS) is 25.5. The van der Waals surface area contributed by atoms with Gasteiger partial charge in [0.05, 0.1) is 12.6 Å². The van der Waals surface area contributed by atoms with Gasteiger partial charge in [-0.15, -0.1) is 0 Å². The van der Waals surface area contributed by atoms with E-state index >= 15 is 0 Å². The zero-order chi connectivity index (χ0) is 24.3. The number of halogens is 5. The number of carbonyl (C=O) groups is 1. The quantitative estimate of drug-likeness (QED) is 0.558. The molecule has 4 atom stereocenters. The van der Waals surface area contributed by atoms with Crippen LogP contribution in [0.25, 0.3) is 11.0 Å². The molecule has 3 aromatic rings. The fourth-order valence-corrected chi connectivity index (χ4v) is 4.32. The number of pyridine rings is 1. The predicted octanol–water partition coefficient (Wildman–Crippen LogP) is 4.16. The third-order valence-corrected chi connectivity index (χ3v) is 6.23. The van der Waals surface area contributed by atoms with E-state index in [0.717, 1.165) is 26.2 Å². The Morgan fingerprint density at radius 1 is 1.27 bits per heavy atom. The van der Waals surface area contributed by atoms with Crippen molar-refractivity contribution in [2.24, 2.45) is 11.7 Å². The van der Waals surface area contributed by atoms with E-state index in [1.807, 2.05) is 0 Å². The number of fused-ring (bicyclic) bond motifs is 1. The Balaban J connectivity index is 1.94. The van der Waals surface area contributed by atoms with Gasteiger partial charge in [0.25, 0.3) is 5.91 Å². The largest absolute Gasteiger partial charge is 0.493 e. The number of nitrogens with two attached hydrogens (primary N) is 1. The smallest absolute Gasteiger partial charge is 0.417 e. The summed E-state index contributed by atoms with van der Waals surface area (Å²) < 4.78 is 81.1. The summed E-state index contributed by atoms with van der Waals surface area (Å²) in [7, 11) is 1.09. The van der Waals surface area contributed by atoms with Crippen LogP contribution in [-0.2, 0) is 4.74 Å². The van der Waals surface area contributed by atoms with Crippen molar-refractivity contribution in [3.8, 4) is 5.75 Å². The molecule has 1 amide bonds. The number of hydrogen-bond acceptors (Lipinski definition) is 5. The van der Waals surface area contributed by atoms with Gasteiger partial charge in [-0.05, 0) is 19.1 Å². The van der Waals surface area contributed by atoms with Crippen LogP contribution >= 0.6 is 0 Å². The summed E-state index contributed by atoms with van der Waals surface area (Å²) in [5.41, 5.74) is 2.82. The van der Waals surface area contributed by atoms with Crippen LogP contribution in [0.4, 0.5) is 22.0 Å². The van der Waals surface area contributed by atoms with Crippen LogP contribution in [0.3, 0.4) is 0 Å². The van der Waals surface area contributed by atoms with Crippen LogP contribution < -0.4 is 10.5 Å². The molecule has 1 unspecified atom stereocenters. The summed E-state index contributed by atoms with van der Waals surface area (Å²) in [6, 6.07) is 3.44. The maximum atomic E-state index is 14.5. The molecule has 1 aliphatic heterocycles. The van der Waals surface area contributed by atoms with Gasteiger partial charge in [-0.3, -0.25) is 4.79 Å². The first-order valence-corrected chi connectivity index (χ1v) is 9.81. The molecule has 12 heteroatoms. The minimum Gasteiger partial charge on any atom is -0.493 e. The van der Waals surface area contributed by atoms with E-state index < -0.39 is 53.0 Å².